The quantitative estimate of drug-likeness (QED) is 0.746. The number of likely N-dealkylation sites (N-methyl/N-ethyl adjacent to an activating group) is 1. The fourth-order valence-corrected chi connectivity index (χ4v) is 1.61. The average Bonchev–Trinajstić information content (AvgIpc) is 2.24. The number of nitrogens with two attached hydrogens (primary N) is 2. The molecule has 1 rings (SSSR count). The van der Waals surface area contributed by atoms with Gasteiger partial charge in [0.05, 0.1) is 6.54 Å². The van der Waals surface area contributed by atoms with Crippen LogP contribution in [0.15, 0.2) is 18.2 Å². The summed E-state index contributed by atoms with van der Waals surface area (Å²) >= 11 is 0. The highest BCUT2D eigenvalue weighted by Gasteiger charge is 2.17. The second kappa shape index (κ2) is 5.34. The lowest BCUT2D eigenvalue weighted by atomic mass is 10.1. The predicted molar refractivity (Wildman–Crippen MR) is 66.4 cm³/mol. The van der Waals surface area contributed by atoms with Gasteiger partial charge in [0.2, 0.25) is 5.91 Å². The van der Waals surface area contributed by atoms with E-state index in [0.29, 0.717) is 17.8 Å². The number of rotatable bonds is 4. The summed E-state index contributed by atoms with van der Waals surface area (Å²) in [7, 11) is 0. The average molecular weight is 235 g/mol. The van der Waals surface area contributed by atoms with Crippen molar-refractivity contribution in [3.8, 4) is 0 Å². The van der Waals surface area contributed by atoms with E-state index in [4.69, 9.17) is 11.5 Å². The molecule has 0 aliphatic carbocycles. The number of anilines is 1. The smallest absolute Gasteiger partial charge is 0.254 e. The number of carbonyl (C=O) groups excluding carboxylic acids is 2. The molecule has 0 unspecified atom stereocenters. The van der Waals surface area contributed by atoms with Gasteiger partial charge in [0, 0.05) is 17.8 Å². The Hall–Kier alpha value is -2.04. The lowest BCUT2D eigenvalue weighted by molar-refractivity contribution is -0.118. The number of primary amides is 1. The van der Waals surface area contributed by atoms with Gasteiger partial charge < -0.3 is 16.4 Å². The van der Waals surface area contributed by atoms with Crippen LogP contribution in [0, 0.1) is 6.92 Å². The molecule has 0 saturated heterocycles. The van der Waals surface area contributed by atoms with Crippen molar-refractivity contribution in [3.63, 3.8) is 0 Å². The van der Waals surface area contributed by atoms with Gasteiger partial charge in [0.25, 0.3) is 5.91 Å². The van der Waals surface area contributed by atoms with Crippen molar-refractivity contribution in [2.24, 2.45) is 5.73 Å². The molecule has 0 aliphatic heterocycles. The van der Waals surface area contributed by atoms with Crippen LogP contribution in [-0.2, 0) is 4.79 Å². The first kappa shape index (κ1) is 13.0. The Morgan fingerprint density at radius 3 is 2.47 bits per heavy atom. The van der Waals surface area contributed by atoms with Gasteiger partial charge in [-0.15, -0.1) is 0 Å². The van der Waals surface area contributed by atoms with Crippen molar-refractivity contribution in [3.05, 3.63) is 29.3 Å². The molecule has 0 fully saturated rings. The Kier molecular flexibility index (Phi) is 4.09. The second-order valence-corrected chi connectivity index (χ2v) is 3.86. The minimum atomic E-state index is -0.520. The normalized spacial score (nSPS) is 10.0. The first-order valence-electron chi connectivity index (χ1n) is 5.39. The first-order chi connectivity index (χ1) is 7.95. The number of nitrogens with zero attached hydrogens (tertiary/aromatic N) is 1. The van der Waals surface area contributed by atoms with Crippen LogP contribution in [-0.4, -0.2) is 29.8 Å². The lowest BCUT2D eigenvalue weighted by Crippen LogP contribution is -2.38. The summed E-state index contributed by atoms with van der Waals surface area (Å²) in [5.41, 5.74) is 12.7. The van der Waals surface area contributed by atoms with Gasteiger partial charge in [-0.25, -0.2) is 0 Å². The van der Waals surface area contributed by atoms with Crippen LogP contribution in [0.25, 0.3) is 0 Å². The van der Waals surface area contributed by atoms with E-state index in [2.05, 4.69) is 0 Å². The third kappa shape index (κ3) is 3.21. The van der Waals surface area contributed by atoms with E-state index >= 15 is 0 Å². The van der Waals surface area contributed by atoms with Crippen molar-refractivity contribution in [1.82, 2.24) is 4.90 Å². The summed E-state index contributed by atoms with van der Waals surface area (Å²) in [6.07, 6.45) is 0. The first-order valence-corrected chi connectivity index (χ1v) is 5.39. The van der Waals surface area contributed by atoms with Crippen LogP contribution in [0.5, 0.6) is 0 Å². The molecule has 0 aromatic heterocycles. The summed E-state index contributed by atoms with van der Waals surface area (Å²) in [5, 5.41) is 0. The van der Waals surface area contributed by atoms with Crippen molar-refractivity contribution >= 4 is 17.5 Å². The molecule has 4 N–H and O–H groups in total. The molecule has 0 aliphatic rings. The minimum Gasteiger partial charge on any atom is -0.399 e. The van der Waals surface area contributed by atoms with Crippen LogP contribution in [0.1, 0.15) is 22.8 Å². The Morgan fingerprint density at radius 2 is 2.00 bits per heavy atom. The Morgan fingerprint density at radius 1 is 1.35 bits per heavy atom. The number of aryl methyl sites for hydroxylation is 1. The summed E-state index contributed by atoms with van der Waals surface area (Å²) in [4.78, 5) is 24.4. The standard InChI is InChI=1S/C12H17N3O2/c1-3-15(7-11(14)16)12(17)10-5-4-9(13)6-8(10)2/h4-6H,3,7,13H2,1-2H3,(H2,14,16). The van der Waals surface area contributed by atoms with Gasteiger partial charge in [-0.3, -0.25) is 9.59 Å². The zero-order valence-corrected chi connectivity index (χ0v) is 10.1. The molecule has 0 saturated carbocycles. The van der Waals surface area contributed by atoms with E-state index in [-0.39, 0.29) is 12.5 Å². The largest absolute Gasteiger partial charge is 0.399 e. The Bertz CT molecular complexity index is 443. The van der Waals surface area contributed by atoms with Crippen molar-refractivity contribution in [2.45, 2.75) is 13.8 Å². The molecule has 1 aromatic rings. The highest BCUT2D eigenvalue weighted by Crippen LogP contribution is 2.14. The summed E-state index contributed by atoms with van der Waals surface area (Å²) in [5.74, 6) is -0.725. The fraction of sp³-hybridized carbons (Fsp3) is 0.333. The SMILES string of the molecule is CCN(CC(N)=O)C(=O)c1ccc(N)cc1C. The highest BCUT2D eigenvalue weighted by atomic mass is 16.2. The lowest BCUT2D eigenvalue weighted by Gasteiger charge is -2.20. The molecular weight excluding hydrogens is 218 g/mol. The monoisotopic (exact) mass is 235 g/mol. The molecule has 0 heterocycles. The van der Waals surface area contributed by atoms with Gasteiger partial charge in [-0.2, -0.15) is 0 Å². The van der Waals surface area contributed by atoms with E-state index in [9.17, 15) is 9.59 Å². The fourth-order valence-electron chi connectivity index (χ4n) is 1.61. The molecule has 0 spiro atoms. The number of hydrogen-bond donors (Lipinski definition) is 2. The highest BCUT2D eigenvalue weighted by molar-refractivity contribution is 5.97. The molecule has 0 atom stereocenters. The van der Waals surface area contributed by atoms with E-state index in [1.807, 2.05) is 6.92 Å². The van der Waals surface area contributed by atoms with Gasteiger partial charge >= 0.3 is 0 Å². The van der Waals surface area contributed by atoms with E-state index in [1.165, 1.54) is 4.90 Å². The zero-order chi connectivity index (χ0) is 13.0. The maximum absolute atomic E-state index is 12.1. The number of hydrogen-bond acceptors (Lipinski definition) is 3. The molecule has 2 amide bonds. The van der Waals surface area contributed by atoms with E-state index < -0.39 is 5.91 Å². The second-order valence-electron chi connectivity index (χ2n) is 3.86. The van der Waals surface area contributed by atoms with Crippen LogP contribution in [0.3, 0.4) is 0 Å². The van der Waals surface area contributed by atoms with Crippen LogP contribution >= 0.6 is 0 Å². The molecule has 92 valence electrons. The molecule has 5 nitrogen and oxygen atoms in total. The number of carbonyl (C=O) groups is 2. The number of amides is 2. The maximum Gasteiger partial charge on any atom is 0.254 e. The van der Waals surface area contributed by atoms with Crippen LogP contribution in [0.4, 0.5) is 5.69 Å². The predicted octanol–water partition coefficient (Wildman–Crippen LogP) is 0.525. The summed E-state index contributed by atoms with van der Waals surface area (Å²) in [6, 6.07) is 5.06. The topological polar surface area (TPSA) is 89.4 Å². The third-order valence-electron chi connectivity index (χ3n) is 2.50. The summed E-state index contributed by atoms with van der Waals surface area (Å²) < 4.78 is 0. The van der Waals surface area contributed by atoms with Crippen molar-refractivity contribution < 1.29 is 9.59 Å². The Balaban J connectivity index is 2.97. The third-order valence-corrected chi connectivity index (χ3v) is 2.50. The molecule has 1 aromatic carbocycles. The summed E-state index contributed by atoms with van der Waals surface area (Å²) in [6.45, 7) is 3.97. The van der Waals surface area contributed by atoms with Gasteiger partial charge in [0.1, 0.15) is 0 Å². The molecule has 17 heavy (non-hydrogen) atoms. The van der Waals surface area contributed by atoms with Gasteiger partial charge in [-0.1, -0.05) is 0 Å². The maximum atomic E-state index is 12.1. The molecule has 0 radical (unpaired) electrons. The van der Waals surface area contributed by atoms with Gasteiger partial charge in [-0.05, 0) is 37.6 Å². The van der Waals surface area contributed by atoms with Gasteiger partial charge in [0.15, 0.2) is 0 Å². The number of benzene rings is 1. The zero-order valence-electron chi connectivity index (χ0n) is 10.1. The Labute approximate surface area is 100 Å². The molecule has 5 heteroatoms. The number of nitrogen functional groups attached to an aromatic ring is 1. The molecular formula is C12H17N3O2. The molecule has 0 bridgehead atoms. The van der Waals surface area contributed by atoms with E-state index in [0.717, 1.165) is 5.56 Å². The van der Waals surface area contributed by atoms with E-state index in [1.54, 1.807) is 25.1 Å². The van der Waals surface area contributed by atoms with Crippen LogP contribution < -0.4 is 11.5 Å². The van der Waals surface area contributed by atoms with Crippen LogP contribution in [0.2, 0.25) is 0 Å². The minimum absolute atomic E-state index is 0.0703. The van der Waals surface area contributed by atoms with Crippen molar-refractivity contribution in [1.29, 1.82) is 0 Å². The van der Waals surface area contributed by atoms with Crippen molar-refractivity contribution in [2.75, 3.05) is 18.8 Å².